The topological polar surface area (TPSA) is 18.5 Å². The molecule has 1 rings (SSSR count). The Kier molecular flexibility index (Phi) is 5.51. The Balaban J connectivity index is 2.01. The van der Waals surface area contributed by atoms with Crippen LogP contribution in [0, 0.1) is 5.92 Å². The Morgan fingerprint density at radius 1 is 1.46 bits per heavy atom. The van der Waals surface area contributed by atoms with Crippen molar-refractivity contribution in [3.05, 3.63) is 12.2 Å². The van der Waals surface area contributed by atoms with Gasteiger partial charge in [-0.1, -0.05) is 6.58 Å². The second-order valence-electron chi connectivity index (χ2n) is 3.48. The van der Waals surface area contributed by atoms with Gasteiger partial charge in [-0.3, -0.25) is 0 Å². The molecule has 1 fully saturated rings. The van der Waals surface area contributed by atoms with Crippen LogP contribution in [0.2, 0.25) is 0 Å². The maximum atomic E-state index is 5.52. The highest BCUT2D eigenvalue weighted by Crippen LogP contribution is 2.14. The molecule has 13 heavy (non-hydrogen) atoms. The summed E-state index contributed by atoms with van der Waals surface area (Å²) in [5.74, 6) is 1.40. The summed E-state index contributed by atoms with van der Waals surface area (Å²) in [4.78, 5) is 0. The van der Waals surface area contributed by atoms with Gasteiger partial charge in [0.15, 0.2) is 0 Å². The molecule has 0 atom stereocenters. The molecule has 0 radical (unpaired) electrons. The van der Waals surface area contributed by atoms with Gasteiger partial charge in [0.05, 0.1) is 6.61 Å². The molecule has 0 amide bonds. The van der Waals surface area contributed by atoms with Crippen LogP contribution in [0.1, 0.15) is 12.8 Å². The van der Waals surface area contributed by atoms with Crippen LogP contribution < -0.4 is 0 Å². The minimum atomic E-state index is 0.654. The monoisotopic (exact) mass is 202 g/mol. The maximum absolute atomic E-state index is 5.52. The van der Waals surface area contributed by atoms with E-state index in [1.807, 2.05) is 0 Å². The Bertz CT molecular complexity index is 153. The number of thiol groups is 1. The third-order valence-electron chi connectivity index (χ3n) is 2.22. The van der Waals surface area contributed by atoms with Gasteiger partial charge in [-0.2, -0.15) is 12.6 Å². The normalized spacial score (nSPS) is 18.8. The Hall–Kier alpha value is 0.01000. The van der Waals surface area contributed by atoms with E-state index in [0.29, 0.717) is 18.3 Å². The first-order valence-corrected chi connectivity index (χ1v) is 5.39. The molecule has 0 aromatic heterocycles. The van der Waals surface area contributed by atoms with E-state index < -0.39 is 0 Å². The number of ether oxygens (including phenoxy) is 2. The van der Waals surface area contributed by atoms with Crippen molar-refractivity contribution in [1.29, 1.82) is 0 Å². The lowest BCUT2D eigenvalue weighted by atomic mass is 10.0. The van der Waals surface area contributed by atoms with Gasteiger partial charge in [0, 0.05) is 25.6 Å². The molecule has 0 aromatic rings. The molecule has 1 heterocycles. The van der Waals surface area contributed by atoms with Crippen molar-refractivity contribution in [2.75, 3.05) is 32.2 Å². The second-order valence-corrected chi connectivity index (χ2v) is 3.80. The first kappa shape index (κ1) is 11.1. The van der Waals surface area contributed by atoms with Crippen molar-refractivity contribution in [3.63, 3.8) is 0 Å². The van der Waals surface area contributed by atoms with E-state index in [1.54, 1.807) is 0 Å². The quantitative estimate of drug-likeness (QED) is 0.542. The highest BCUT2D eigenvalue weighted by atomic mass is 32.1. The predicted octanol–water partition coefficient (Wildman–Crippen LogP) is 1.92. The van der Waals surface area contributed by atoms with Gasteiger partial charge in [0.2, 0.25) is 0 Å². The molecule has 0 unspecified atom stereocenters. The van der Waals surface area contributed by atoms with Crippen LogP contribution >= 0.6 is 12.6 Å². The maximum Gasteiger partial charge on any atom is 0.0682 e. The molecule has 0 saturated carbocycles. The first-order valence-electron chi connectivity index (χ1n) is 4.76. The minimum Gasteiger partial charge on any atom is -0.381 e. The average molecular weight is 202 g/mol. The van der Waals surface area contributed by atoms with Gasteiger partial charge in [-0.15, -0.1) is 0 Å². The van der Waals surface area contributed by atoms with E-state index >= 15 is 0 Å². The Labute approximate surface area is 85.7 Å². The summed E-state index contributed by atoms with van der Waals surface area (Å²) in [6.45, 7) is 7.11. The molecule has 1 aliphatic rings. The molecule has 76 valence electrons. The Morgan fingerprint density at radius 3 is 2.77 bits per heavy atom. The summed E-state index contributed by atoms with van der Waals surface area (Å²) in [6.07, 6.45) is 2.26. The summed E-state index contributed by atoms with van der Waals surface area (Å²) < 4.78 is 10.8. The fourth-order valence-corrected chi connectivity index (χ4v) is 1.42. The van der Waals surface area contributed by atoms with Crippen molar-refractivity contribution in [1.82, 2.24) is 0 Å². The molecule has 0 N–H and O–H groups in total. The van der Waals surface area contributed by atoms with Crippen molar-refractivity contribution in [2.24, 2.45) is 5.92 Å². The molecule has 3 heteroatoms. The summed E-state index contributed by atoms with van der Waals surface area (Å²) in [5, 5.41) is 0. The lowest BCUT2D eigenvalue weighted by Gasteiger charge is -2.21. The summed E-state index contributed by atoms with van der Waals surface area (Å²) in [5.41, 5.74) is 1.05. The van der Waals surface area contributed by atoms with Gasteiger partial charge in [0.1, 0.15) is 0 Å². The standard InChI is InChI=1S/C10H18O2S/c1-9(8-13)6-12-7-10-2-4-11-5-3-10/h10,13H,1-8H2. The Morgan fingerprint density at radius 2 is 2.15 bits per heavy atom. The van der Waals surface area contributed by atoms with E-state index in [9.17, 15) is 0 Å². The lowest BCUT2D eigenvalue weighted by Crippen LogP contribution is -2.20. The first-order chi connectivity index (χ1) is 6.33. The zero-order valence-electron chi connectivity index (χ0n) is 8.00. The van der Waals surface area contributed by atoms with Gasteiger partial charge in [-0.05, 0) is 24.3 Å². The highest BCUT2D eigenvalue weighted by molar-refractivity contribution is 7.80. The van der Waals surface area contributed by atoms with Crippen LogP contribution in [0.4, 0.5) is 0 Å². The van der Waals surface area contributed by atoms with Crippen LogP contribution in [-0.4, -0.2) is 32.2 Å². The van der Waals surface area contributed by atoms with Crippen molar-refractivity contribution in [2.45, 2.75) is 12.8 Å². The van der Waals surface area contributed by atoms with Crippen LogP contribution in [0.15, 0.2) is 12.2 Å². The van der Waals surface area contributed by atoms with Crippen LogP contribution in [-0.2, 0) is 9.47 Å². The SMILES string of the molecule is C=C(CS)COCC1CCOCC1. The number of hydrogen-bond acceptors (Lipinski definition) is 3. The van der Waals surface area contributed by atoms with Gasteiger partial charge >= 0.3 is 0 Å². The molecule has 2 nitrogen and oxygen atoms in total. The van der Waals surface area contributed by atoms with Crippen molar-refractivity contribution >= 4 is 12.6 Å². The zero-order chi connectivity index (χ0) is 9.52. The van der Waals surface area contributed by atoms with Crippen LogP contribution in [0.25, 0.3) is 0 Å². The molecular weight excluding hydrogens is 184 g/mol. The molecular formula is C10H18O2S. The van der Waals surface area contributed by atoms with Gasteiger partial charge < -0.3 is 9.47 Å². The minimum absolute atomic E-state index is 0.654. The summed E-state index contributed by atoms with van der Waals surface area (Å²) in [7, 11) is 0. The number of hydrogen-bond donors (Lipinski definition) is 1. The molecule has 0 bridgehead atoms. The lowest BCUT2D eigenvalue weighted by molar-refractivity contribution is 0.0260. The fourth-order valence-electron chi connectivity index (χ4n) is 1.33. The molecule has 0 aliphatic carbocycles. The summed E-state index contributed by atoms with van der Waals surface area (Å²) in [6, 6.07) is 0. The van der Waals surface area contributed by atoms with Crippen molar-refractivity contribution < 1.29 is 9.47 Å². The van der Waals surface area contributed by atoms with E-state index in [1.165, 1.54) is 0 Å². The molecule has 1 aliphatic heterocycles. The van der Waals surface area contributed by atoms with E-state index in [4.69, 9.17) is 9.47 Å². The average Bonchev–Trinajstić information content (AvgIpc) is 2.19. The van der Waals surface area contributed by atoms with E-state index in [-0.39, 0.29) is 0 Å². The molecule has 0 aromatic carbocycles. The summed E-state index contributed by atoms with van der Waals surface area (Å²) >= 11 is 4.12. The fraction of sp³-hybridized carbons (Fsp3) is 0.800. The van der Waals surface area contributed by atoms with Gasteiger partial charge in [-0.25, -0.2) is 0 Å². The van der Waals surface area contributed by atoms with Crippen molar-refractivity contribution in [3.8, 4) is 0 Å². The third-order valence-corrected chi connectivity index (χ3v) is 2.67. The number of rotatable bonds is 5. The van der Waals surface area contributed by atoms with Gasteiger partial charge in [0.25, 0.3) is 0 Å². The van der Waals surface area contributed by atoms with E-state index in [0.717, 1.165) is 38.2 Å². The molecule has 1 saturated heterocycles. The zero-order valence-corrected chi connectivity index (χ0v) is 8.89. The highest BCUT2D eigenvalue weighted by Gasteiger charge is 2.13. The predicted molar refractivity (Wildman–Crippen MR) is 57.4 cm³/mol. The second kappa shape index (κ2) is 6.46. The third kappa shape index (κ3) is 4.69. The smallest absolute Gasteiger partial charge is 0.0682 e. The largest absolute Gasteiger partial charge is 0.381 e. The van der Waals surface area contributed by atoms with Crippen LogP contribution in [0.3, 0.4) is 0 Å². The van der Waals surface area contributed by atoms with E-state index in [2.05, 4.69) is 19.2 Å². The van der Waals surface area contributed by atoms with Crippen LogP contribution in [0.5, 0.6) is 0 Å². The molecule has 0 spiro atoms.